The first-order valence-corrected chi connectivity index (χ1v) is 17.6. The minimum atomic E-state index is -1.62. The SMILES string of the molecule is O=C1CC(c2ccc(-c3cccc(OC4OC(CO)[C@@H](OC5CC(O)[C@H](O)C(CO)O5)C(O)C4O)c3)cc2OCc2ccccc2)N1c1ccccc1. The summed E-state index contributed by atoms with van der Waals surface area (Å²) in [6.07, 6.45) is -11.8. The fraction of sp³-hybridized carbons (Fsp3) is 0.375. The lowest BCUT2D eigenvalue weighted by Gasteiger charge is -2.44. The van der Waals surface area contributed by atoms with E-state index in [2.05, 4.69) is 0 Å². The van der Waals surface area contributed by atoms with Crippen molar-refractivity contribution in [1.29, 1.82) is 0 Å². The van der Waals surface area contributed by atoms with E-state index in [9.17, 15) is 35.4 Å². The Morgan fingerprint density at radius 3 is 2.17 bits per heavy atom. The molecule has 280 valence electrons. The number of aliphatic hydroxyl groups excluding tert-OH is 6. The van der Waals surface area contributed by atoms with Gasteiger partial charge in [-0.05, 0) is 47.0 Å². The molecule has 13 heteroatoms. The Morgan fingerprint density at radius 2 is 1.45 bits per heavy atom. The molecule has 1 amide bonds. The number of aliphatic hydroxyl groups is 6. The number of hydrogen-bond donors (Lipinski definition) is 6. The first kappa shape index (κ1) is 36.9. The van der Waals surface area contributed by atoms with Crippen molar-refractivity contribution in [2.75, 3.05) is 18.1 Å². The van der Waals surface area contributed by atoms with Gasteiger partial charge in [0, 0.05) is 17.7 Å². The van der Waals surface area contributed by atoms with Crippen molar-refractivity contribution in [3.63, 3.8) is 0 Å². The van der Waals surface area contributed by atoms with Crippen molar-refractivity contribution in [2.24, 2.45) is 0 Å². The summed E-state index contributed by atoms with van der Waals surface area (Å²) in [6, 6.07) is 32.0. The van der Waals surface area contributed by atoms with Gasteiger partial charge in [0.1, 0.15) is 54.7 Å². The van der Waals surface area contributed by atoms with Gasteiger partial charge in [-0.2, -0.15) is 0 Å². The number of amides is 1. The highest BCUT2D eigenvalue weighted by Crippen LogP contribution is 2.44. The Hall–Kier alpha value is -4.41. The summed E-state index contributed by atoms with van der Waals surface area (Å²) in [7, 11) is 0. The van der Waals surface area contributed by atoms with Gasteiger partial charge in [0.25, 0.3) is 0 Å². The third-order valence-electron chi connectivity index (χ3n) is 9.86. The number of benzene rings is 4. The van der Waals surface area contributed by atoms with E-state index >= 15 is 0 Å². The molecule has 3 aliphatic rings. The highest BCUT2D eigenvalue weighted by Gasteiger charge is 2.49. The number of anilines is 1. The molecule has 4 aromatic rings. The minimum absolute atomic E-state index is 0.0268. The fourth-order valence-corrected chi connectivity index (χ4v) is 6.96. The zero-order valence-electron chi connectivity index (χ0n) is 28.7. The molecule has 3 aliphatic heterocycles. The third-order valence-corrected chi connectivity index (χ3v) is 9.86. The summed E-state index contributed by atoms with van der Waals surface area (Å²) in [4.78, 5) is 14.6. The van der Waals surface area contributed by atoms with Crippen LogP contribution in [0.2, 0.25) is 0 Å². The smallest absolute Gasteiger partial charge is 0.230 e. The van der Waals surface area contributed by atoms with Crippen molar-refractivity contribution >= 4 is 11.6 Å². The van der Waals surface area contributed by atoms with Crippen LogP contribution in [0.15, 0.2) is 103 Å². The first-order chi connectivity index (χ1) is 25.7. The van der Waals surface area contributed by atoms with E-state index in [0.717, 1.165) is 27.9 Å². The summed E-state index contributed by atoms with van der Waals surface area (Å²) in [5, 5.41) is 61.9. The zero-order chi connectivity index (χ0) is 37.1. The number of carbonyl (C=O) groups is 1. The Balaban J connectivity index is 1.09. The third kappa shape index (κ3) is 7.94. The van der Waals surface area contributed by atoms with Gasteiger partial charge in [0.2, 0.25) is 12.2 Å². The van der Waals surface area contributed by atoms with Crippen LogP contribution in [-0.4, -0.2) is 105 Å². The maximum atomic E-state index is 12.8. The molecule has 13 nitrogen and oxygen atoms in total. The quantitative estimate of drug-likeness (QED) is 0.117. The molecule has 0 aliphatic carbocycles. The monoisotopic (exact) mass is 729 g/mol. The fourth-order valence-electron chi connectivity index (χ4n) is 6.96. The Kier molecular flexibility index (Phi) is 11.4. The number of rotatable bonds is 12. The Morgan fingerprint density at radius 1 is 0.736 bits per heavy atom. The predicted octanol–water partition coefficient (Wildman–Crippen LogP) is 2.44. The number of nitrogens with zero attached hydrogens (tertiary/aromatic N) is 1. The van der Waals surface area contributed by atoms with Gasteiger partial charge in [-0.3, -0.25) is 4.79 Å². The molecule has 8 unspecified atom stereocenters. The van der Waals surface area contributed by atoms with Crippen LogP contribution in [0.25, 0.3) is 11.1 Å². The van der Waals surface area contributed by atoms with Gasteiger partial charge < -0.3 is 59.2 Å². The lowest BCUT2D eigenvalue weighted by molar-refractivity contribution is -0.332. The van der Waals surface area contributed by atoms with Crippen molar-refractivity contribution in [3.8, 4) is 22.6 Å². The van der Waals surface area contributed by atoms with Gasteiger partial charge in [0.05, 0.1) is 31.8 Å². The largest absolute Gasteiger partial charge is 0.489 e. The number of carbonyl (C=O) groups excluding carboxylic acids is 1. The van der Waals surface area contributed by atoms with E-state index in [0.29, 0.717) is 24.5 Å². The van der Waals surface area contributed by atoms with Gasteiger partial charge in [-0.25, -0.2) is 0 Å². The van der Waals surface area contributed by atoms with Crippen LogP contribution in [0.3, 0.4) is 0 Å². The predicted molar refractivity (Wildman–Crippen MR) is 190 cm³/mol. The second-order valence-electron chi connectivity index (χ2n) is 13.4. The topological polar surface area (TPSA) is 188 Å². The minimum Gasteiger partial charge on any atom is -0.489 e. The summed E-state index contributed by atoms with van der Waals surface area (Å²) in [5.41, 5.74) is 4.22. The van der Waals surface area contributed by atoms with Crippen LogP contribution in [0.1, 0.15) is 30.0 Å². The van der Waals surface area contributed by atoms with Crippen LogP contribution >= 0.6 is 0 Å². The average Bonchev–Trinajstić information content (AvgIpc) is 3.18. The van der Waals surface area contributed by atoms with Crippen LogP contribution in [0.5, 0.6) is 11.5 Å². The molecule has 6 N–H and O–H groups in total. The van der Waals surface area contributed by atoms with Gasteiger partial charge in [-0.15, -0.1) is 0 Å². The van der Waals surface area contributed by atoms with E-state index < -0.39 is 68.5 Å². The molecular weight excluding hydrogens is 686 g/mol. The Bertz CT molecular complexity index is 1830. The molecule has 0 radical (unpaired) electrons. The normalized spacial score (nSPS) is 30.1. The molecule has 0 bridgehead atoms. The molecule has 4 aromatic carbocycles. The molecule has 0 saturated carbocycles. The van der Waals surface area contributed by atoms with Gasteiger partial charge >= 0.3 is 0 Å². The van der Waals surface area contributed by atoms with E-state index in [1.165, 1.54) is 0 Å². The van der Waals surface area contributed by atoms with E-state index in [1.807, 2.05) is 84.9 Å². The lowest BCUT2D eigenvalue weighted by atomic mass is 9.90. The Labute approximate surface area is 306 Å². The second-order valence-corrected chi connectivity index (χ2v) is 13.4. The standard InChI is InChI=1S/C40H43NO12/c42-20-32-36(46)30(44)19-35(51-32)53-39-33(21-43)52-40(38(48)37(39)47)50-27-13-7-10-24(16-27)25-14-15-28(31(17-25)49-22-23-8-3-1-4-9-23)29-18-34(45)41(29)26-11-5-2-6-12-26/h1-17,29-30,32-33,35-40,42-44,46-48H,18-22H2/t29?,30?,32?,33?,35?,36-,37?,38?,39+,40?/m0/s1. The summed E-state index contributed by atoms with van der Waals surface area (Å²) in [6.45, 7) is -0.870. The van der Waals surface area contributed by atoms with E-state index in [1.54, 1.807) is 23.1 Å². The number of hydrogen-bond acceptors (Lipinski definition) is 12. The van der Waals surface area contributed by atoms with Crippen LogP contribution in [0.4, 0.5) is 5.69 Å². The van der Waals surface area contributed by atoms with Crippen molar-refractivity contribution < 1.29 is 59.1 Å². The van der Waals surface area contributed by atoms with Crippen molar-refractivity contribution in [2.45, 2.75) is 80.8 Å². The van der Waals surface area contributed by atoms with E-state index in [4.69, 9.17) is 23.7 Å². The van der Waals surface area contributed by atoms with Gasteiger partial charge in [-0.1, -0.05) is 72.8 Å². The molecule has 3 heterocycles. The highest BCUT2D eigenvalue weighted by molar-refractivity contribution is 6.01. The second kappa shape index (κ2) is 16.3. The molecule has 0 spiro atoms. The van der Waals surface area contributed by atoms with Crippen molar-refractivity contribution in [3.05, 3.63) is 114 Å². The number of para-hydroxylation sites is 1. The van der Waals surface area contributed by atoms with Crippen LogP contribution in [0, 0.1) is 0 Å². The zero-order valence-corrected chi connectivity index (χ0v) is 28.7. The van der Waals surface area contributed by atoms with Crippen molar-refractivity contribution in [1.82, 2.24) is 0 Å². The average molecular weight is 730 g/mol. The van der Waals surface area contributed by atoms with Crippen LogP contribution < -0.4 is 14.4 Å². The molecule has 3 saturated heterocycles. The van der Waals surface area contributed by atoms with Gasteiger partial charge in [0.15, 0.2) is 6.29 Å². The maximum Gasteiger partial charge on any atom is 0.230 e. The summed E-state index contributed by atoms with van der Waals surface area (Å²) < 4.78 is 29.6. The molecule has 10 atom stereocenters. The highest BCUT2D eigenvalue weighted by atomic mass is 16.7. The molecular formula is C40H43NO12. The molecule has 3 fully saturated rings. The number of β-lactam (4-membered cyclic amide) rings is 1. The summed E-state index contributed by atoms with van der Waals surface area (Å²) >= 11 is 0. The molecule has 7 rings (SSSR count). The first-order valence-electron chi connectivity index (χ1n) is 17.6. The summed E-state index contributed by atoms with van der Waals surface area (Å²) in [5.74, 6) is 0.958. The number of ether oxygens (including phenoxy) is 5. The molecule has 0 aromatic heterocycles. The molecule has 53 heavy (non-hydrogen) atoms. The van der Waals surface area contributed by atoms with E-state index in [-0.39, 0.29) is 18.4 Å². The van der Waals surface area contributed by atoms with Crippen LogP contribution in [-0.2, 0) is 25.6 Å². The maximum absolute atomic E-state index is 12.8. The lowest BCUT2D eigenvalue weighted by Crippen LogP contribution is -2.62.